The molecule has 1 unspecified atom stereocenters. The van der Waals surface area contributed by atoms with Gasteiger partial charge in [0.2, 0.25) is 5.72 Å². The fraction of sp³-hybridized carbons (Fsp3) is 0.500. The summed E-state index contributed by atoms with van der Waals surface area (Å²) in [5.74, 6) is -4.22. The number of H-pyrrole nitrogens is 1. The summed E-state index contributed by atoms with van der Waals surface area (Å²) in [4.78, 5) is 60.4. The monoisotopic (exact) mass is 372 g/mol. The lowest BCUT2D eigenvalue weighted by Gasteiger charge is -2.33. The van der Waals surface area contributed by atoms with Crippen LogP contribution in [0.5, 0.6) is 0 Å². The second-order valence-electron chi connectivity index (χ2n) is 5.84. The quantitative estimate of drug-likeness (QED) is 0.343. The van der Waals surface area contributed by atoms with Crippen molar-refractivity contribution >= 4 is 17.5 Å². The lowest BCUT2D eigenvalue weighted by molar-refractivity contribution is -0.187. The van der Waals surface area contributed by atoms with E-state index in [-0.39, 0.29) is 0 Å². The van der Waals surface area contributed by atoms with Gasteiger partial charge in [-0.15, -0.1) is 0 Å². The number of carbonyl (C=O) groups is 3. The van der Waals surface area contributed by atoms with E-state index in [9.17, 15) is 39.3 Å². The maximum atomic E-state index is 12.3. The molecular weight excluding hydrogens is 356 g/mol. The topological polar surface area (TPSA) is 196 Å². The molecule has 2 rings (SSSR count). The molecule has 1 aliphatic rings. The van der Waals surface area contributed by atoms with Crippen LogP contribution in [0.4, 0.5) is 0 Å². The van der Waals surface area contributed by atoms with Gasteiger partial charge in [0.25, 0.3) is 5.56 Å². The van der Waals surface area contributed by atoms with E-state index in [2.05, 4.69) is 0 Å². The maximum absolute atomic E-state index is 12.3. The van der Waals surface area contributed by atoms with Crippen molar-refractivity contribution in [3.8, 4) is 0 Å². The van der Waals surface area contributed by atoms with E-state index in [1.165, 1.54) is 0 Å². The zero-order chi connectivity index (χ0) is 20.0. The van der Waals surface area contributed by atoms with Crippen molar-refractivity contribution in [2.75, 3.05) is 0 Å². The Bertz CT molecular complexity index is 888. The van der Waals surface area contributed by atoms with Crippen molar-refractivity contribution in [1.29, 1.82) is 0 Å². The van der Waals surface area contributed by atoms with E-state index in [1.807, 2.05) is 0 Å². The van der Waals surface area contributed by atoms with Crippen LogP contribution in [0.2, 0.25) is 0 Å². The molecule has 0 aromatic carbocycles. The second kappa shape index (κ2) is 6.25. The number of carboxylic acid groups (broad SMARTS) is 1. The molecular formula is C14H16N2O10. The molecule has 0 spiro atoms. The van der Waals surface area contributed by atoms with E-state index in [0.717, 1.165) is 26.1 Å². The van der Waals surface area contributed by atoms with Crippen LogP contribution in [0.3, 0.4) is 0 Å². The summed E-state index contributed by atoms with van der Waals surface area (Å²) in [6.07, 6.45) is -6.50. The Kier molecular flexibility index (Phi) is 4.72. The summed E-state index contributed by atoms with van der Waals surface area (Å²) < 4.78 is 5.58. The van der Waals surface area contributed by atoms with E-state index >= 15 is 0 Å². The number of aliphatic hydroxyl groups is 3. The largest absolute Gasteiger partial charge is 0.479 e. The molecule has 1 aliphatic heterocycles. The van der Waals surface area contributed by atoms with Gasteiger partial charge in [0.05, 0.1) is 0 Å². The highest BCUT2D eigenvalue weighted by Gasteiger charge is 2.71. The Balaban J connectivity index is 2.81. The molecule has 0 amide bonds. The molecule has 0 saturated carbocycles. The number of ketones is 2. The van der Waals surface area contributed by atoms with Crippen LogP contribution in [0.1, 0.15) is 13.8 Å². The third-order valence-corrected chi connectivity index (χ3v) is 4.32. The minimum atomic E-state index is -3.03. The SMILES string of the molecule is CC(=O)[C@@]1(O)[C@@H](C(O)C(=O)O)O[C@@](C(C)=O)(n2ccc(=O)[nH]c2=O)[C@@H]1O. The van der Waals surface area contributed by atoms with Gasteiger partial charge in [-0.25, -0.2) is 9.59 Å². The summed E-state index contributed by atoms with van der Waals surface area (Å²) in [5, 5.41) is 40.0. The minimum Gasteiger partial charge on any atom is -0.479 e. The van der Waals surface area contributed by atoms with Crippen LogP contribution in [-0.4, -0.2) is 71.4 Å². The van der Waals surface area contributed by atoms with Gasteiger partial charge in [0, 0.05) is 12.3 Å². The van der Waals surface area contributed by atoms with E-state index in [4.69, 9.17) is 9.84 Å². The zero-order valence-corrected chi connectivity index (χ0v) is 13.6. The molecule has 0 radical (unpaired) electrons. The van der Waals surface area contributed by atoms with Gasteiger partial charge in [-0.05, 0) is 13.8 Å². The lowest BCUT2D eigenvalue weighted by atomic mass is 9.81. The Morgan fingerprint density at radius 2 is 1.85 bits per heavy atom. The number of aliphatic carboxylic acids is 1. The van der Waals surface area contributed by atoms with E-state index in [1.54, 1.807) is 4.98 Å². The van der Waals surface area contributed by atoms with Crippen molar-refractivity contribution in [3.63, 3.8) is 0 Å². The summed E-state index contributed by atoms with van der Waals surface area (Å²) in [5.41, 5.74) is -7.87. The predicted molar refractivity (Wildman–Crippen MR) is 80.1 cm³/mol. The average Bonchev–Trinajstić information content (AvgIpc) is 2.78. The third-order valence-electron chi connectivity index (χ3n) is 4.32. The first kappa shape index (κ1) is 19.7. The highest BCUT2D eigenvalue weighted by Crippen LogP contribution is 2.43. The third kappa shape index (κ3) is 2.50. The van der Waals surface area contributed by atoms with Crippen molar-refractivity contribution in [2.45, 2.75) is 43.5 Å². The molecule has 5 N–H and O–H groups in total. The van der Waals surface area contributed by atoms with E-state index in [0.29, 0.717) is 4.57 Å². The number of ether oxygens (including phenoxy) is 1. The van der Waals surface area contributed by atoms with E-state index < -0.39 is 58.4 Å². The van der Waals surface area contributed by atoms with Crippen molar-refractivity contribution in [1.82, 2.24) is 9.55 Å². The normalized spacial score (nSPS) is 32.2. The van der Waals surface area contributed by atoms with Gasteiger partial charge < -0.3 is 25.2 Å². The summed E-state index contributed by atoms with van der Waals surface area (Å²) >= 11 is 0. The van der Waals surface area contributed by atoms with Gasteiger partial charge in [-0.3, -0.25) is 23.9 Å². The fourth-order valence-electron chi connectivity index (χ4n) is 2.94. The summed E-state index contributed by atoms with van der Waals surface area (Å²) in [6, 6.07) is 0.802. The number of aliphatic hydroxyl groups excluding tert-OH is 2. The molecule has 0 aliphatic carbocycles. The molecule has 142 valence electrons. The van der Waals surface area contributed by atoms with Crippen LogP contribution in [-0.2, 0) is 24.8 Å². The van der Waals surface area contributed by atoms with Crippen LogP contribution in [0.15, 0.2) is 21.9 Å². The molecule has 12 heteroatoms. The molecule has 1 saturated heterocycles. The number of carboxylic acids is 1. The Hall–Kier alpha value is -2.67. The first-order valence-corrected chi connectivity index (χ1v) is 7.24. The highest BCUT2D eigenvalue weighted by molar-refractivity contribution is 5.92. The predicted octanol–water partition coefficient (Wildman–Crippen LogP) is -3.70. The molecule has 2 heterocycles. The van der Waals surface area contributed by atoms with Gasteiger partial charge >= 0.3 is 11.7 Å². The summed E-state index contributed by atoms with van der Waals surface area (Å²) in [6.45, 7) is 1.62. The minimum absolute atomic E-state index is 0.407. The standard InChI is InChI=1S/C14H16N2O10/c1-5(17)13(25)9(8(20)10(21)22)26-14(6(2)18,11(13)23)16-4-3-7(19)15-12(16)24/h3-4,8-9,11,20,23,25H,1-2H3,(H,21,22)(H,15,19,24)/t8?,9-,11-,13-,14-/m1/s1. The van der Waals surface area contributed by atoms with Crippen LogP contribution in [0, 0.1) is 0 Å². The maximum Gasteiger partial charge on any atom is 0.335 e. The van der Waals surface area contributed by atoms with Crippen molar-refractivity contribution < 1.29 is 39.5 Å². The van der Waals surface area contributed by atoms with Crippen LogP contribution >= 0.6 is 0 Å². The highest BCUT2D eigenvalue weighted by atomic mass is 16.6. The summed E-state index contributed by atoms with van der Waals surface area (Å²) in [7, 11) is 0. The zero-order valence-electron chi connectivity index (χ0n) is 13.6. The number of hydrogen-bond donors (Lipinski definition) is 5. The smallest absolute Gasteiger partial charge is 0.335 e. The van der Waals surface area contributed by atoms with Crippen LogP contribution in [0.25, 0.3) is 0 Å². The first-order valence-electron chi connectivity index (χ1n) is 7.24. The van der Waals surface area contributed by atoms with Gasteiger partial charge in [0.15, 0.2) is 23.3 Å². The number of aromatic amines is 1. The Morgan fingerprint density at radius 3 is 2.27 bits per heavy atom. The molecule has 5 atom stereocenters. The number of hydrogen-bond acceptors (Lipinski definition) is 9. The number of carbonyl (C=O) groups excluding carboxylic acids is 2. The number of Topliss-reactive ketones (excluding diaryl/α,β-unsaturated/α-hetero) is 2. The number of aromatic nitrogens is 2. The molecule has 1 fully saturated rings. The number of nitrogens with zero attached hydrogens (tertiary/aromatic N) is 1. The molecule has 1 aromatic heterocycles. The van der Waals surface area contributed by atoms with Gasteiger partial charge in [0.1, 0.15) is 12.2 Å². The Labute approximate surface area is 144 Å². The second-order valence-corrected chi connectivity index (χ2v) is 5.84. The molecule has 1 aromatic rings. The lowest BCUT2D eigenvalue weighted by Crippen LogP contribution is -2.62. The molecule has 26 heavy (non-hydrogen) atoms. The van der Waals surface area contributed by atoms with Crippen LogP contribution < -0.4 is 11.2 Å². The first-order chi connectivity index (χ1) is 11.9. The van der Waals surface area contributed by atoms with Gasteiger partial charge in [-0.1, -0.05) is 0 Å². The van der Waals surface area contributed by atoms with Crippen molar-refractivity contribution in [2.24, 2.45) is 0 Å². The average molecular weight is 372 g/mol. The fourth-order valence-corrected chi connectivity index (χ4v) is 2.94. The number of nitrogens with one attached hydrogen (secondary N) is 1. The van der Waals surface area contributed by atoms with Crippen molar-refractivity contribution in [3.05, 3.63) is 33.1 Å². The van der Waals surface area contributed by atoms with Gasteiger partial charge in [-0.2, -0.15) is 0 Å². The Morgan fingerprint density at radius 1 is 1.27 bits per heavy atom. The molecule has 12 nitrogen and oxygen atoms in total. The number of rotatable bonds is 5. The molecule has 0 bridgehead atoms.